The fourth-order valence-electron chi connectivity index (χ4n) is 2.60. The molecule has 3 atom stereocenters. The van der Waals surface area contributed by atoms with Crippen LogP contribution in [-0.2, 0) is 0 Å². The largest absolute Gasteiger partial charge is 0.121 e. The third-order valence-electron chi connectivity index (χ3n) is 3.87. The van der Waals surface area contributed by atoms with E-state index < -0.39 is 0 Å². The Kier molecular flexibility index (Phi) is 4.17. The summed E-state index contributed by atoms with van der Waals surface area (Å²) in [7, 11) is 0. The van der Waals surface area contributed by atoms with Crippen molar-refractivity contribution < 1.29 is 0 Å². The van der Waals surface area contributed by atoms with Crippen LogP contribution >= 0.6 is 35.3 Å². The van der Waals surface area contributed by atoms with Crippen LogP contribution in [0.3, 0.4) is 0 Å². The monoisotopic (exact) mass is 310 g/mol. The van der Waals surface area contributed by atoms with Crippen LogP contribution in [0, 0.1) is 11.8 Å². The Labute approximate surface area is 129 Å². The highest BCUT2D eigenvalue weighted by Crippen LogP contribution is 2.54. The maximum absolute atomic E-state index is 2.52. The van der Waals surface area contributed by atoms with Gasteiger partial charge in [0.25, 0.3) is 0 Å². The summed E-state index contributed by atoms with van der Waals surface area (Å²) in [6, 6.07) is 0. The summed E-state index contributed by atoms with van der Waals surface area (Å²) in [5, 5.41) is 2.18. The molecule has 3 heterocycles. The average molecular weight is 311 g/mol. The maximum Gasteiger partial charge on any atom is 0.0443 e. The van der Waals surface area contributed by atoms with Gasteiger partial charge in [-0.3, -0.25) is 0 Å². The molecule has 3 unspecified atom stereocenters. The van der Waals surface area contributed by atoms with Crippen LogP contribution in [0.5, 0.6) is 0 Å². The Balaban J connectivity index is 1.64. The standard InChI is InChI=1S/C16H22S3/c1-9(2)11-5-6-12(17-11)14-8-16-15(19-14)7-13(18-16)10(3)4/h6-11,15-16H,5H2,1-4H3. The minimum absolute atomic E-state index is 0.692. The summed E-state index contributed by atoms with van der Waals surface area (Å²) in [6.07, 6.45) is 8.75. The summed E-state index contributed by atoms with van der Waals surface area (Å²) in [6.45, 7) is 9.29. The molecule has 0 aromatic rings. The highest BCUT2D eigenvalue weighted by molar-refractivity contribution is 8.11. The van der Waals surface area contributed by atoms with Gasteiger partial charge < -0.3 is 0 Å². The van der Waals surface area contributed by atoms with E-state index in [0.717, 1.165) is 11.2 Å². The van der Waals surface area contributed by atoms with Gasteiger partial charge in [-0.25, -0.2) is 0 Å². The molecule has 0 saturated carbocycles. The number of hydrogen-bond donors (Lipinski definition) is 0. The van der Waals surface area contributed by atoms with Crippen LogP contribution in [0.25, 0.3) is 0 Å². The molecule has 0 saturated heterocycles. The van der Waals surface area contributed by atoms with Gasteiger partial charge in [-0.15, -0.1) is 35.3 Å². The lowest BCUT2D eigenvalue weighted by Crippen LogP contribution is -2.06. The van der Waals surface area contributed by atoms with E-state index in [1.54, 1.807) is 14.7 Å². The van der Waals surface area contributed by atoms with E-state index in [2.05, 4.69) is 81.2 Å². The van der Waals surface area contributed by atoms with Crippen LogP contribution in [0.2, 0.25) is 0 Å². The topological polar surface area (TPSA) is 0 Å². The molecule has 0 aromatic heterocycles. The molecule has 0 nitrogen and oxygen atoms in total. The van der Waals surface area contributed by atoms with E-state index in [1.807, 2.05) is 0 Å². The van der Waals surface area contributed by atoms with Gasteiger partial charge in [-0.05, 0) is 23.2 Å². The quantitative estimate of drug-likeness (QED) is 0.657. The summed E-state index contributed by atoms with van der Waals surface area (Å²) in [5.74, 6) is 1.48. The molecule has 0 aliphatic carbocycles. The zero-order chi connectivity index (χ0) is 13.6. The molecule has 3 heteroatoms. The van der Waals surface area contributed by atoms with E-state index >= 15 is 0 Å². The lowest BCUT2D eigenvalue weighted by atomic mass is 10.1. The SMILES string of the molecule is CC(C)C1=CC2SC(C3=CCC(C(C)C)S3)=CC2S1. The summed E-state index contributed by atoms with van der Waals surface area (Å²) in [4.78, 5) is 4.69. The first kappa shape index (κ1) is 14.2. The Morgan fingerprint density at radius 3 is 2.26 bits per heavy atom. The smallest absolute Gasteiger partial charge is 0.0443 e. The van der Waals surface area contributed by atoms with Crippen molar-refractivity contribution in [3.05, 3.63) is 32.9 Å². The summed E-state index contributed by atoms with van der Waals surface area (Å²) >= 11 is 6.28. The lowest BCUT2D eigenvalue weighted by Gasteiger charge is -2.14. The second-order valence-corrected chi connectivity index (χ2v) is 9.88. The first-order chi connectivity index (χ1) is 9.04. The Hall–Kier alpha value is 0.270. The number of rotatable bonds is 3. The number of fused-ring (bicyclic) bond motifs is 1. The van der Waals surface area contributed by atoms with E-state index in [4.69, 9.17) is 0 Å². The maximum atomic E-state index is 2.52. The Morgan fingerprint density at radius 2 is 1.68 bits per heavy atom. The van der Waals surface area contributed by atoms with Crippen molar-refractivity contribution >= 4 is 35.3 Å². The van der Waals surface area contributed by atoms with Crippen molar-refractivity contribution in [3.8, 4) is 0 Å². The molecule has 3 rings (SSSR count). The second kappa shape index (κ2) is 5.57. The Morgan fingerprint density at radius 1 is 0.947 bits per heavy atom. The second-order valence-electron chi connectivity index (χ2n) is 6.12. The van der Waals surface area contributed by atoms with Gasteiger partial charge in [0.2, 0.25) is 0 Å². The minimum Gasteiger partial charge on any atom is -0.121 e. The van der Waals surface area contributed by atoms with Crippen molar-refractivity contribution in [3.63, 3.8) is 0 Å². The molecule has 104 valence electrons. The van der Waals surface area contributed by atoms with Crippen LogP contribution in [0.4, 0.5) is 0 Å². The fraction of sp³-hybridized carbons (Fsp3) is 0.625. The molecule has 0 amide bonds. The summed E-state index contributed by atoms with van der Waals surface area (Å²) < 4.78 is 0. The predicted molar refractivity (Wildman–Crippen MR) is 92.7 cm³/mol. The molecule has 0 fully saturated rings. The van der Waals surface area contributed by atoms with Gasteiger partial charge in [0.05, 0.1) is 0 Å². The zero-order valence-corrected chi connectivity index (χ0v) is 14.5. The zero-order valence-electron chi connectivity index (χ0n) is 12.1. The van der Waals surface area contributed by atoms with Gasteiger partial charge in [0, 0.05) is 25.6 Å². The van der Waals surface area contributed by atoms with E-state index in [0.29, 0.717) is 16.4 Å². The third-order valence-corrected chi connectivity index (χ3v) is 8.75. The van der Waals surface area contributed by atoms with Gasteiger partial charge in [-0.2, -0.15) is 0 Å². The van der Waals surface area contributed by atoms with Crippen molar-refractivity contribution in [1.29, 1.82) is 0 Å². The molecule has 0 bridgehead atoms. The van der Waals surface area contributed by atoms with Crippen LogP contribution in [0.15, 0.2) is 32.9 Å². The van der Waals surface area contributed by atoms with Crippen LogP contribution in [-0.4, -0.2) is 15.7 Å². The fourth-order valence-corrected chi connectivity index (χ4v) is 6.94. The first-order valence-electron chi connectivity index (χ1n) is 7.18. The molecule has 0 N–H and O–H groups in total. The third kappa shape index (κ3) is 2.84. The highest BCUT2D eigenvalue weighted by Gasteiger charge is 2.36. The van der Waals surface area contributed by atoms with Gasteiger partial charge >= 0.3 is 0 Å². The van der Waals surface area contributed by atoms with Crippen molar-refractivity contribution in [1.82, 2.24) is 0 Å². The molecule has 0 radical (unpaired) electrons. The van der Waals surface area contributed by atoms with Crippen molar-refractivity contribution in [2.45, 2.75) is 49.9 Å². The van der Waals surface area contributed by atoms with Gasteiger partial charge in [-0.1, -0.05) is 45.9 Å². The lowest BCUT2D eigenvalue weighted by molar-refractivity contribution is 0.618. The molecule has 0 spiro atoms. The molecular formula is C16H22S3. The number of allylic oxidation sites excluding steroid dienone is 2. The first-order valence-corrected chi connectivity index (χ1v) is 9.82. The van der Waals surface area contributed by atoms with Crippen LogP contribution in [0.1, 0.15) is 34.1 Å². The van der Waals surface area contributed by atoms with Crippen molar-refractivity contribution in [2.75, 3.05) is 0 Å². The summed E-state index contributed by atoms with van der Waals surface area (Å²) in [5.41, 5.74) is 0. The van der Waals surface area contributed by atoms with E-state index in [9.17, 15) is 0 Å². The molecular weight excluding hydrogens is 288 g/mol. The predicted octanol–water partition coefficient (Wildman–Crippen LogP) is 5.69. The highest BCUT2D eigenvalue weighted by atomic mass is 32.2. The molecule has 3 aliphatic rings. The van der Waals surface area contributed by atoms with Gasteiger partial charge in [0.1, 0.15) is 0 Å². The number of hydrogen-bond acceptors (Lipinski definition) is 3. The van der Waals surface area contributed by atoms with E-state index in [1.165, 1.54) is 6.42 Å². The molecule has 19 heavy (non-hydrogen) atoms. The van der Waals surface area contributed by atoms with Crippen molar-refractivity contribution in [2.24, 2.45) is 11.8 Å². The Bertz CT molecular complexity index is 457. The minimum atomic E-state index is 0.692. The normalized spacial score (nSPS) is 33.8. The average Bonchev–Trinajstić information content (AvgIpc) is 3.01. The molecule has 3 aliphatic heterocycles. The number of thioether (sulfide) groups is 3. The molecule has 0 aromatic carbocycles. The van der Waals surface area contributed by atoms with Crippen LogP contribution < -0.4 is 0 Å². The van der Waals surface area contributed by atoms with Gasteiger partial charge in [0.15, 0.2) is 0 Å². The van der Waals surface area contributed by atoms with E-state index in [-0.39, 0.29) is 0 Å².